The number of carbonyl (C=O) groups excluding carboxylic acids is 1. The van der Waals surface area contributed by atoms with E-state index in [1.54, 1.807) is 22.8 Å². The van der Waals surface area contributed by atoms with Gasteiger partial charge in [-0.25, -0.2) is 23.1 Å². The summed E-state index contributed by atoms with van der Waals surface area (Å²) in [4.78, 5) is 22.7. The van der Waals surface area contributed by atoms with Crippen molar-refractivity contribution in [1.29, 1.82) is 0 Å². The first kappa shape index (κ1) is 18.9. The molecule has 0 bridgehead atoms. The Kier molecular flexibility index (Phi) is 5.07. The Hall–Kier alpha value is -2.46. The third-order valence-corrected chi connectivity index (χ3v) is 7.55. The third-order valence-electron chi connectivity index (χ3n) is 4.81. The molecule has 0 N–H and O–H groups in total. The molecular formula is C18H19N5O3S2. The predicted molar refractivity (Wildman–Crippen MR) is 107 cm³/mol. The lowest BCUT2D eigenvalue weighted by molar-refractivity contribution is -0.128. The molecule has 4 rings (SSSR count). The normalized spacial score (nSPS) is 18.4. The minimum absolute atomic E-state index is 0.0432. The van der Waals surface area contributed by atoms with Crippen LogP contribution in [0.1, 0.15) is 6.42 Å². The summed E-state index contributed by atoms with van der Waals surface area (Å²) in [6.07, 6.45) is 3.66. The molecule has 3 aromatic rings. The van der Waals surface area contributed by atoms with E-state index < -0.39 is 9.84 Å². The highest BCUT2D eigenvalue weighted by Crippen LogP contribution is 2.26. The van der Waals surface area contributed by atoms with Crippen molar-refractivity contribution in [1.82, 2.24) is 24.6 Å². The van der Waals surface area contributed by atoms with Crippen LogP contribution in [0.15, 0.2) is 47.9 Å². The summed E-state index contributed by atoms with van der Waals surface area (Å²) >= 11 is 1.31. The van der Waals surface area contributed by atoms with Crippen LogP contribution in [-0.2, 0) is 14.6 Å². The van der Waals surface area contributed by atoms with Crippen LogP contribution in [0.3, 0.4) is 0 Å². The molecule has 146 valence electrons. The Morgan fingerprint density at radius 3 is 2.79 bits per heavy atom. The molecule has 1 atom stereocenters. The molecule has 1 aliphatic rings. The number of sulfone groups is 1. The van der Waals surface area contributed by atoms with Gasteiger partial charge in [-0.15, -0.1) is 0 Å². The molecule has 0 spiro atoms. The van der Waals surface area contributed by atoms with Gasteiger partial charge >= 0.3 is 0 Å². The number of fused-ring (bicyclic) bond motifs is 1. The van der Waals surface area contributed by atoms with Gasteiger partial charge < -0.3 is 4.90 Å². The van der Waals surface area contributed by atoms with Crippen molar-refractivity contribution in [3.8, 4) is 5.69 Å². The second-order valence-electron chi connectivity index (χ2n) is 6.66. The van der Waals surface area contributed by atoms with Crippen molar-refractivity contribution in [3.05, 3.63) is 42.9 Å². The minimum atomic E-state index is -3.03. The molecule has 0 unspecified atom stereocenters. The second-order valence-corrected chi connectivity index (χ2v) is 9.85. The lowest BCUT2D eigenvalue weighted by Gasteiger charge is -2.23. The lowest BCUT2D eigenvalue weighted by Crippen LogP contribution is -2.38. The van der Waals surface area contributed by atoms with Crippen LogP contribution in [0.2, 0.25) is 0 Å². The number of para-hydroxylation sites is 1. The van der Waals surface area contributed by atoms with Gasteiger partial charge in [-0.3, -0.25) is 4.79 Å². The fourth-order valence-electron chi connectivity index (χ4n) is 3.21. The van der Waals surface area contributed by atoms with E-state index in [-0.39, 0.29) is 29.2 Å². The topological polar surface area (TPSA) is 98.1 Å². The smallest absolute Gasteiger partial charge is 0.233 e. The molecule has 1 saturated heterocycles. The van der Waals surface area contributed by atoms with Crippen LogP contribution >= 0.6 is 11.8 Å². The largest absolute Gasteiger partial charge is 0.341 e. The van der Waals surface area contributed by atoms with E-state index in [0.717, 1.165) is 11.1 Å². The Balaban J connectivity index is 1.50. The summed E-state index contributed by atoms with van der Waals surface area (Å²) in [5.74, 6) is 0.250. The second kappa shape index (κ2) is 7.51. The maximum absolute atomic E-state index is 12.5. The fourth-order valence-corrected chi connectivity index (χ4v) is 5.87. The molecule has 28 heavy (non-hydrogen) atoms. The average molecular weight is 418 g/mol. The molecule has 3 heterocycles. The van der Waals surface area contributed by atoms with Crippen molar-refractivity contribution in [3.63, 3.8) is 0 Å². The lowest BCUT2D eigenvalue weighted by atomic mass is 10.2. The van der Waals surface area contributed by atoms with Gasteiger partial charge in [-0.2, -0.15) is 5.10 Å². The van der Waals surface area contributed by atoms with Crippen molar-refractivity contribution in [2.24, 2.45) is 0 Å². The van der Waals surface area contributed by atoms with Gasteiger partial charge in [0.1, 0.15) is 11.4 Å². The molecule has 0 radical (unpaired) electrons. The van der Waals surface area contributed by atoms with Gasteiger partial charge in [-0.1, -0.05) is 30.0 Å². The number of aromatic nitrogens is 4. The van der Waals surface area contributed by atoms with Crippen LogP contribution in [0, 0.1) is 0 Å². The van der Waals surface area contributed by atoms with E-state index in [9.17, 15) is 13.2 Å². The Morgan fingerprint density at radius 2 is 2.07 bits per heavy atom. The van der Waals surface area contributed by atoms with E-state index in [0.29, 0.717) is 17.1 Å². The first-order valence-electron chi connectivity index (χ1n) is 8.78. The number of amides is 1. The van der Waals surface area contributed by atoms with Crippen molar-refractivity contribution in [2.75, 3.05) is 24.3 Å². The SMILES string of the molecule is CN(C(=O)CSc1ncnc2c1cnn2-c1ccccc1)[C@H]1CCS(=O)(=O)C1. The van der Waals surface area contributed by atoms with E-state index in [4.69, 9.17) is 0 Å². The van der Waals surface area contributed by atoms with Gasteiger partial charge in [0.05, 0.1) is 34.5 Å². The highest BCUT2D eigenvalue weighted by Gasteiger charge is 2.32. The Bertz CT molecular complexity index is 1110. The fraction of sp³-hybridized carbons (Fsp3) is 0.333. The van der Waals surface area contributed by atoms with Gasteiger partial charge in [0, 0.05) is 13.1 Å². The summed E-state index contributed by atoms with van der Waals surface area (Å²) in [5.41, 5.74) is 1.57. The highest BCUT2D eigenvalue weighted by atomic mass is 32.2. The summed E-state index contributed by atoms with van der Waals surface area (Å²) in [7, 11) is -1.36. The van der Waals surface area contributed by atoms with Crippen molar-refractivity contribution < 1.29 is 13.2 Å². The zero-order valence-corrected chi connectivity index (χ0v) is 16.9. The van der Waals surface area contributed by atoms with Gasteiger partial charge in [0.25, 0.3) is 0 Å². The molecule has 10 heteroatoms. The molecule has 2 aromatic heterocycles. The molecule has 0 saturated carbocycles. The number of hydrogen-bond donors (Lipinski definition) is 0. The van der Waals surface area contributed by atoms with E-state index in [1.165, 1.54) is 18.1 Å². The number of benzene rings is 1. The molecule has 8 nitrogen and oxygen atoms in total. The van der Waals surface area contributed by atoms with E-state index in [1.807, 2.05) is 30.3 Å². The van der Waals surface area contributed by atoms with Crippen LogP contribution in [0.4, 0.5) is 0 Å². The monoisotopic (exact) mass is 417 g/mol. The molecular weight excluding hydrogens is 398 g/mol. The van der Waals surface area contributed by atoms with Gasteiger partial charge in [-0.05, 0) is 18.6 Å². The number of thioether (sulfide) groups is 1. The van der Waals surface area contributed by atoms with Crippen molar-refractivity contribution in [2.45, 2.75) is 17.5 Å². The highest BCUT2D eigenvalue weighted by molar-refractivity contribution is 8.00. The zero-order valence-electron chi connectivity index (χ0n) is 15.2. The maximum atomic E-state index is 12.5. The summed E-state index contributed by atoms with van der Waals surface area (Å²) in [5, 5.41) is 5.85. The molecule has 1 aliphatic heterocycles. The quantitative estimate of drug-likeness (QED) is 0.459. The number of carbonyl (C=O) groups is 1. The number of nitrogens with zero attached hydrogens (tertiary/aromatic N) is 5. The third kappa shape index (κ3) is 3.74. The maximum Gasteiger partial charge on any atom is 0.233 e. The average Bonchev–Trinajstić information content (AvgIpc) is 3.29. The summed E-state index contributed by atoms with van der Waals surface area (Å²) in [6, 6.07) is 9.42. The molecule has 0 aliphatic carbocycles. The van der Waals surface area contributed by atoms with E-state index in [2.05, 4.69) is 15.1 Å². The van der Waals surface area contributed by atoms with E-state index >= 15 is 0 Å². The van der Waals surface area contributed by atoms with Crippen LogP contribution in [0.25, 0.3) is 16.7 Å². The summed E-state index contributed by atoms with van der Waals surface area (Å²) < 4.78 is 25.0. The molecule has 1 amide bonds. The Morgan fingerprint density at radius 1 is 1.29 bits per heavy atom. The summed E-state index contributed by atoms with van der Waals surface area (Å²) in [6.45, 7) is 0. The van der Waals surface area contributed by atoms with Crippen LogP contribution in [0.5, 0.6) is 0 Å². The van der Waals surface area contributed by atoms with Crippen LogP contribution < -0.4 is 0 Å². The van der Waals surface area contributed by atoms with Gasteiger partial charge in [0.15, 0.2) is 15.5 Å². The first-order chi connectivity index (χ1) is 13.4. The zero-order chi connectivity index (χ0) is 19.7. The minimum Gasteiger partial charge on any atom is -0.341 e. The molecule has 1 fully saturated rings. The number of hydrogen-bond acceptors (Lipinski definition) is 7. The number of rotatable bonds is 5. The van der Waals surface area contributed by atoms with Crippen LogP contribution in [-0.4, -0.2) is 69.3 Å². The van der Waals surface area contributed by atoms with Gasteiger partial charge in [0.2, 0.25) is 5.91 Å². The Labute approximate surface area is 166 Å². The first-order valence-corrected chi connectivity index (χ1v) is 11.6. The predicted octanol–water partition coefficient (Wildman–Crippen LogP) is 1.55. The standard InChI is InChI=1S/C18H19N5O3S2/c1-22(14-7-8-28(25,26)11-14)16(24)10-27-18-15-9-21-23(17(15)19-12-20-18)13-5-3-2-4-6-13/h2-6,9,12,14H,7-8,10-11H2,1H3/t14-/m0/s1. The van der Waals surface area contributed by atoms with Crippen molar-refractivity contribution >= 4 is 38.5 Å². The molecule has 1 aromatic carbocycles.